The number of hydrogen-bond acceptors (Lipinski definition) is 7. The first-order chi connectivity index (χ1) is 17.0. The van der Waals surface area contributed by atoms with E-state index in [-0.39, 0.29) is 24.9 Å². The van der Waals surface area contributed by atoms with Gasteiger partial charge in [-0.05, 0) is 42.2 Å². The Morgan fingerprint density at radius 2 is 1.92 bits per heavy atom. The van der Waals surface area contributed by atoms with E-state index in [9.17, 15) is 4.79 Å². The third kappa shape index (κ3) is 7.01. The van der Waals surface area contributed by atoms with Crippen molar-refractivity contribution in [1.29, 1.82) is 0 Å². The van der Waals surface area contributed by atoms with Gasteiger partial charge in [0.15, 0.2) is 11.7 Å². The van der Waals surface area contributed by atoms with Gasteiger partial charge in [-0.2, -0.15) is 0 Å². The van der Waals surface area contributed by atoms with Crippen LogP contribution < -0.4 is 14.4 Å². The number of carbonyl (C=O) groups excluding carboxylic acids is 1. The number of carbonyl (C=O) groups is 1. The third-order valence-corrected chi connectivity index (χ3v) is 7.61. The monoisotopic (exact) mass is 553 g/mol. The molecule has 7 nitrogen and oxygen atoms in total. The first-order valence-corrected chi connectivity index (χ1v) is 13.1. The number of ether oxygens (including phenoxy) is 3. The van der Waals surface area contributed by atoms with E-state index < -0.39 is 0 Å². The molecule has 1 saturated heterocycles. The number of methoxy groups -OCH3 is 1. The Hall–Kier alpha value is -2.10. The molecule has 4 rings (SSSR count). The molecule has 196 valence electrons. The highest BCUT2D eigenvalue weighted by Gasteiger charge is 2.23. The molecule has 1 aromatic heterocycles. The summed E-state index contributed by atoms with van der Waals surface area (Å²) in [6.45, 7) is 8.98. The van der Waals surface area contributed by atoms with Crippen LogP contribution in [0.1, 0.15) is 31.7 Å². The van der Waals surface area contributed by atoms with Crippen LogP contribution in [0.2, 0.25) is 5.02 Å². The average molecular weight is 555 g/mol. The maximum Gasteiger partial charge on any atom is 0.266 e. The minimum atomic E-state index is -0.144. The van der Waals surface area contributed by atoms with Gasteiger partial charge in [0.2, 0.25) is 0 Å². The van der Waals surface area contributed by atoms with Crippen LogP contribution in [-0.4, -0.2) is 68.9 Å². The second kappa shape index (κ2) is 13.4. The van der Waals surface area contributed by atoms with E-state index in [2.05, 4.69) is 18.7 Å². The number of benzene rings is 2. The maximum atomic E-state index is 13.4. The van der Waals surface area contributed by atoms with Crippen molar-refractivity contribution in [3.05, 3.63) is 47.0 Å². The van der Waals surface area contributed by atoms with E-state index >= 15 is 0 Å². The lowest BCUT2D eigenvalue weighted by Crippen LogP contribution is -2.40. The molecule has 3 aromatic rings. The van der Waals surface area contributed by atoms with Crippen LogP contribution in [0.3, 0.4) is 0 Å². The summed E-state index contributed by atoms with van der Waals surface area (Å²) in [5.41, 5.74) is 1.89. The van der Waals surface area contributed by atoms with Crippen LogP contribution in [-0.2, 0) is 9.53 Å². The maximum absolute atomic E-state index is 13.4. The fourth-order valence-electron chi connectivity index (χ4n) is 4.00. The second-order valence-electron chi connectivity index (χ2n) is 8.79. The highest BCUT2D eigenvalue weighted by Crippen LogP contribution is 2.38. The quantitative estimate of drug-likeness (QED) is 0.323. The van der Waals surface area contributed by atoms with Gasteiger partial charge in [0.25, 0.3) is 5.91 Å². The number of rotatable bonds is 10. The van der Waals surface area contributed by atoms with E-state index in [1.807, 2.05) is 24.3 Å². The standard InChI is InChI=1S/C26H32ClN3O4S.ClH/c1-18(2)19-5-7-20(8-6-19)34-17-23(31)30(12-4-11-29-13-15-33-16-14-29)26-28-24-22(32-3)10-9-21(27)25(24)35-26;/h5-10,18H,4,11-17H2,1-3H3;1H. The first kappa shape index (κ1) is 28.5. The SMILES string of the molecule is COc1ccc(Cl)c2sc(N(CCCN3CCOCC3)C(=O)COc3ccc(C(C)C)cc3)nc12.Cl. The number of halogens is 2. The lowest BCUT2D eigenvalue weighted by Gasteiger charge is -2.27. The Morgan fingerprint density at radius 1 is 1.19 bits per heavy atom. The topological polar surface area (TPSA) is 64.1 Å². The zero-order valence-electron chi connectivity index (χ0n) is 20.9. The van der Waals surface area contributed by atoms with Crippen LogP contribution in [0.25, 0.3) is 10.2 Å². The second-order valence-corrected chi connectivity index (χ2v) is 10.2. The minimum Gasteiger partial charge on any atom is -0.494 e. The number of anilines is 1. The van der Waals surface area contributed by atoms with Crippen molar-refractivity contribution in [3.63, 3.8) is 0 Å². The summed E-state index contributed by atoms with van der Waals surface area (Å²) in [5.74, 6) is 1.60. The number of fused-ring (bicyclic) bond motifs is 1. The van der Waals surface area contributed by atoms with Gasteiger partial charge in [0.05, 0.1) is 30.0 Å². The Kier molecular flexibility index (Phi) is 10.6. The summed E-state index contributed by atoms with van der Waals surface area (Å²) >= 11 is 7.83. The Balaban J connectivity index is 0.00000361. The summed E-state index contributed by atoms with van der Waals surface area (Å²) < 4.78 is 17.6. The van der Waals surface area contributed by atoms with Gasteiger partial charge in [-0.15, -0.1) is 12.4 Å². The number of hydrogen-bond donors (Lipinski definition) is 0. The number of nitrogens with zero attached hydrogens (tertiary/aromatic N) is 3. The molecule has 1 aliphatic heterocycles. The molecule has 1 fully saturated rings. The fourth-order valence-corrected chi connectivity index (χ4v) is 5.30. The summed E-state index contributed by atoms with van der Waals surface area (Å²) in [7, 11) is 1.60. The van der Waals surface area contributed by atoms with Crippen LogP contribution in [0.4, 0.5) is 5.13 Å². The fraction of sp³-hybridized carbons (Fsp3) is 0.462. The molecule has 1 amide bonds. The van der Waals surface area contributed by atoms with Crippen molar-refractivity contribution in [2.24, 2.45) is 0 Å². The number of morpholine rings is 1. The number of thiazole rings is 1. The van der Waals surface area contributed by atoms with E-state index in [1.165, 1.54) is 16.9 Å². The Bertz CT molecular complexity index is 1130. The molecule has 2 heterocycles. The number of aromatic nitrogens is 1. The molecular weight excluding hydrogens is 521 g/mol. The van der Waals surface area contributed by atoms with Crippen LogP contribution >= 0.6 is 35.3 Å². The normalized spacial score (nSPS) is 14.0. The van der Waals surface area contributed by atoms with Crippen LogP contribution in [0.15, 0.2) is 36.4 Å². The molecule has 0 bridgehead atoms. The molecule has 0 spiro atoms. The average Bonchev–Trinajstić information content (AvgIpc) is 3.32. The molecule has 0 atom stereocenters. The Morgan fingerprint density at radius 3 is 2.58 bits per heavy atom. The lowest BCUT2D eigenvalue weighted by atomic mass is 10.0. The molecule has 36 heavy (non-hydrogen) atoms. The van der Waals surface area contributed by atoms with Crippen molar-refractivity contribution in [2.45, 2.75) is 26.2 Å². The van der Waals surface area contributed by atoms with Gasteiger partial charge in [-0.25, -0.2) is 4.98 Å². The van der Waals surface area contributed by atoms with Crippen molar-refractivity contribution in [2.75, 3.05) is 58.0 Å². The van der Waals surface area contributed by atoms with Gasteiger partial charge in [0.1, 0.15) is 17.0 Å². The van der Waals surface area contributed by atoms with Gasteiger partial charge >= 0.3 is 0 Å². The van der Waals surface area contributed by atoms with Gasteiger partial charge in [0, 0.05) is 26.2 Å². The number of amides is 1. The highest BCUT2D eigenvalue weighted by molar-refractivity contribution is 7.23. The van der Waals surface area contributed by atoms with Crippen molar-refractivity contribution < 1.29 is 19.0 Å². The van der Waals surface area contributed by atoms with E-state index in [4.69, 9.17) is 30.8 Å². The molecule has 0 aliphatic carbocycles. The van der Waals surface area contributed by atoms with Gasteiger partial charge in [-0.3, -0.25) is 14.6 Å². The van der Waals surface area contributed by atoms with Crippen molar-refractivity contribution >= 4 is 56.6 Å². The largest absolute Gasteiger partial charge is 0.494 e. The molecule has 0 N–H and O–H groups in total. The van der Waals surface area contributed by atoms with Gasteiger partial charge < -0.3 is 14.2 Å². The smallest absolute Gasteiger partial charge is 0.266 e. The molecular formula is C26H33Cl2N3O4S. The van der Waals surface area contributed by atoms with Crippen LogP contribution in [0, 0.1) is 0 Å². The Labute approximate surface area is 227 Å². The molecule has 10 heteroatoms. The predicted octanol–water partition coefficient (Wildman–Crippen LogP) is 5.64. The van der Waals surface area contributed by atoms with Crippen LogP contribution in [0.5, 0.6) is 11.5 Å². The summed E-state index contributed by atoms with van der Waals surface area (Å²) in [4.78, 5) is 22.2. The molecule has 1 aliphatic rings. The zero-order chi connectivity index (χ0) is 24.8. The molecule has 2 aromatic carbocycles. The summed E-state index contributed by atoms with van der Waals surface area (Å²) in [6, 6.07) is 11.5. The minimum absolute atomic E-state index is 0. The van der Waals surface area contributed by atoms with E-state index in [0.717, 1.165) is 44.0 Å². The zero-order valence-corrected chi connectivity index (χ0v) is 23.3. The van der Waals surface area contributed by atoms with E-state index in [1.54, 1.807) is 24.1 Å². The van der Waals surface area contributed by atoms with Gasteiger partial charge in [-0.1, -0.05) is 48.9 Å². The lowest BCUT2D eigenvalue weighted by molar-refractivity contribution is -0.120. The summed E-state index contributed by atoms with van der Waals surface area (Å²) in [5, 5.41) is 1.18. The predicted molar refractivity (Wildman–Crippen MR) is 149 cm³/mol. The highest BCUT2D eigenvalue weighted by atomic mass is 35.5. The summed E-state index contributed by atoms with van der Waals surface area (Å²) in [6.07, 6.45) is 0.815. The van der Waals surface area contributed by atoms with Crippen molar-refractivity contribution in [1.82, 2.24) is 9.88 Å². The molecule has 0 unspecified atom stereocenters. The van der Waals surface area contributed by atoms with E-state index in [0.29, 0.717) is 39.6 Å². The molecule has 0 saturated carbocycles. The molecule has 0 radical (unpaired) electrons. The third-order valence-electron chi connectivity index (χ3n) is 6.07. The van der Waals surface area contributed by atoms with Crippen molar-refractivity contribution in [3.8, 4) is 11.5 Å². The first-order valence-electron chi connectivity index (χ1n) is 11.9.